The van der Waals surface area contributed by atoms with Crippen molar-refractivity contribution in [1.29, 1.82) is 0 Å². The summed E-state index contributed by atoms with van der Waals surface area (Å²) >= 11 is 0. The predicted molar refractivity (Wildman–Crippen MR) is 83.5 cm³/mol. The molecule has 1 aliphatic carbocycles. The van der Waals surface area contributed by atoms with Crippen LogP contribution < -0.4 is 4.74 Å². The van der Waals surface area contributed by atoms with E-state index in [-0.39, 0.29) is 0 Å². The second-order valence-corrected chi connectivity index (χ2v) is 5.81. The van der Waals surface area contributed by atoms with Gasteiger partial charge < -0.3 is 14.5 Å². The molecule has 1 aromatic rings. The van der Waals surface area contributed by atoms with Crippen LogP contribution in [0.1, 0.15) is 17.9 Å². The number of ether oxygens (including phenoxy) is 1. The fraction of sp³-hybridized carbons (Fsp3) is 0.562. The molecule has 20 heavy (non-hydrogen) atoms. The quantitative estimate of drug-likeness (QED) is 0.623. The van der Waals surface area contributed by atoms with Crippen LogP contribution in [0.5, 0.6) is 5.75 Å². The summed E-state index contributed by atoms with van der Waals surface area (Å²) in [5.74, 6) is 3.27. The predicted octanol–water partition coefficient (Wildman–Crippen LogP) is 2.28. The summed E-state index contributed by atoms with van der Waals surface area (Å²) in [7, 11) is 9.85. The van der Waals surface area contributed by atoms with E-state index < -0.39 is 0 Å². The topological polar surface area (TPSA) is 28.1 Å². The highest BCUT2D eigenvalue weighted by Crippen LogP contribution is 2.48. The van der Waals surface area contributed by atoms with Crippen molar-refractivity contribution < 1.29 is 4.74 Å². The lowest BCUT2D eigenvalue weighted by atomic mass is 10.1. The lowest BCUT2D eigenvalue weighted by Gasteiger charge is -2.22. The number of benzene rings is 1. The number of aliphatic imine (C=N–C) groups is 1. The van der Waals surface area contributed by atoms with Crippen molar-refractivity contribution in [3.63, 3.8) is 0 Å². The Bertz CT molecular complexity index is 472. The number of methoxy groups -OCH3 is 1. The highest BCUT2D eigenvalue weighted by Gasteiger charge is 2.38. The van der Waals surface area contributed by atoms with Gasteiger partial charge in [0.05, 0.1) is 7.11 Å². The zero-order valence-corrected chi connectivity index (χ0v) is 13.1. The Balaban J connectivity index is 1.96. The van der Waals surface area contributed by atoms with Crippen molar-refractivity contribution in [3.05, 3.63) is 29.8 Å². The summed E-state index contributed by atoms with van der Waals surface area (Å²) in [6.45, 7) is 0.896. The van der Waals surface area contributed by atoms with Gasteiger partial charge in [-0.1, -0.05) is 12.1 Å². The maximum atomic E-state index is 5.29. The van der Waals surface area contributed by atoms with Crippen molar-refractivity contribution in [3.8, 4) is 5.75 Å². The second kappa shape index (κ2) is 6.16. The average molecular weight is 275 g/mol. The summed E-state index contributed by atoms with van der Waals surface area (Å²) in [5.41, 5.74) is 1.38. The van der Waals surface area contributed by atoms with Gasteiger partial charge in [-0.15, -0.1) is 0 Å². The molecule has 1 aliphatic rings. The second-order valence-electron chi connectivity index (χ2n) is 5.81. The van der Waals surface area contributed by atoms with Gasteiger partial charge in [-0.05, 0) is 36.0 Å². The third-order valence-electron chi connectivity index (χ3n) is 3.71. The van der Waals surface area contributed by atoms with Crippen LogP contribution in [0.2, 0.25) is 0 Å². The Morgan fingerprint density at radius 2 is 1.95 bits per heavy atom. The van der Waals surface area contributed by atoms with Crippen LogP contribution in [-0.4, -0.2) is 57.6 Å². The fourth-order valence-electron chi connectivity index (χ4n) is 2.61. The molecular weight excluding hydrogens is 250 g/mol. The van der Waals surface area contributed by atoms with E-state index in [1.165, 1.54) is 12.0 Å². The smallest absolute Gasteiger partial charge is 0.195 e. The normalized spacial score (nSPS) is 20.2. The minimum Gasteiger partial charge on any atom is -0.497 e. The Kier molecular flexibility index (Phi) is 4.53. The molecule has 0 N–H and O–H groups in total. The van der Waals surface area contributed by atoms with Gasteiger partial charge in [0.1, 0.15) is 5.75 Å². The van der Waals surface area contributed by atoms with Gasteiger partial charge >= 0.3 is 0 Å². The third-order valence-corrected chi connectivity index (χ3v) is 3.71. The molecule has 0 saturated heterocycles. The molecule has 4 heteroatoms. The van der Waals surface area contributed by atoms with Gasteiger partial charge in [-0.25, -0.2) is 0 Å². The Hall–Kier alpha value is -1.71. The molecule has 2 rings (SSSR count). The molecule has 0 spiro atoms. The van der Waals surface area contributed by atoms with Gasteiger partial charge in [0, 0.05) is 34.7 Å². The molecule has 110 valence electrons. The molecule has 2 atom stereocenters. The number of rotatable bonds is 4. The van der Waals surface area contributed by atoms with Crippen LogP contribution >= 0.6 is 0 Å². The van der Waals surface area contributed by atoms with E-state index in [4.69, 9.17) is 9.73 Å². The molecule has 0 bridgehead atoms. The fourth-order valence-corrected chi connectivity index (χ4v) is 2.61. The van der Waals surface area contributed by atoms with Crippen LogP contribution in [0.4, 0.5) is 0 Å². The first-order valence-corrected chi connectivity index (χ1v) is 7.06. The van der Waals surface area contributed by atoms with Crippen LogP contribution in [0.25, 0.3) is 0 Å². The molecule has 1 saturated carbocycles. The van der Waals surface area contributed by atoms with Gasteiger partial charge in [0.2, 0.25) is 0 Å². The van der Waals surface area contributed by atoms with Crippen molar-refractivity contribution in [2.45, 2.75) is 12.3 Å². The lowest BCUT2D eigenvalue weighted by Crippen LogP contribution is -2.35. The van der Waals surface area contributed by atoms with Crippen LogP contribution in [0.3, 0.4) is 0 Å². The third kappa shape index (κ3) is 3.44. The Labute approximate surface area is 122 Å². The minimum absolute atomic E-state index is 0.638. The molecule has 1 fully saturated rings. The van der Waals surface area contributed by atoms with Gasteiger partial charge in [-0.3, -0.25) is 4.99 Å². The number of hydrogen-bond acceptors (Lipinski definition) is 2. The number of nitrogens with zero attached hydrogens (tertiary/aromatic N) is 3. The molecular formula is C16H25N3O. The van der Waals surface area contributed by atoms with Crippen LogP contribution in [-0.2, 0) is 0 Å². The summed E-state index contributed by atoms with van der Waals surface area (Å²) < 4.78 is 5.29. The largest absolute Gasteiger partial charge is 0.497 e. The van der Waals surface area contributed by atoms with E-state index in [1.54, 1.807) is 7.11 Å². The SMILES string of the molecule is COc1cccc([C@@H]2C[C@H]2CN=C(N(C)C)N(C)C)c1. The van der Waals surface area contributed by atoms with Crippen molar-refractivity contribution >= 4 is 5.96 Å². The van der Waals surface area contributed by atoms with Crippen molar-refractivity contribution in [1.82, 2.24) is 9.80 Å². The number of hydrogen-bond donors (Lipinski definition) is 0. The first kappa shape index (κ1) is 14.7. The van der Waals surface area contributed by atoms with Gasteiger partial charge in [0.25, 0.3) is 0 Å². The van der Waals surface area contributed by atoms with Crippen LogP contribution in [0.15, 0.2) is 29.3 Å². The number of guanidine groups is 1. The molecule has 0 radical (unpaired) electrons. The van der Waals surface area contributed by atoms with Crippen molar-refractivity contribution in [2.24, 2.45) is 10.9 Å². The maximum absolute atomic E-state index is 5.29. The lowest BCUT2D eigenvalue weighted by molar-refractivity contribution is 0.414. The van der Waals surface area contributed by atoms with E-state index in [0.717, 1.165) is 18.3 Å². The monoisotopic (exact) mass is 275 g/mol. The Morgan fingerprint density at radius 1 is 1.25 bits per heavy atom. The van der Waals surface area contributed by atoms with E-state index in [0.29, 0.717) is 11.8 Å². The maximum Gasteiger partial charge on any atom is 0.195 e. The van der Waals surface area contributed by atoms with E-state index in [9.17, 15) is 0 Å². The van der Waals surface area contributed by atoms with Crippen molar-refractivity contribution in [2.75, 3.05) is 41.8 Å². The van der Waals surface area contributed by atoms with Gasteiger partial charge in [-0.2, -0.15) is 0 Å². The molecule has 4 nitrogen and oxygen atoms in total. The average Bonchev–Trinajstić information content (AvgIpc) is 3.18. The summed E-state index contributed by atoms with van der Waals surface area (Å²) in [6, 6.07) is 8.40. The Morgan fingerprint density at radius 3 is 2.55 bits per heavy atom. The van der Waals surface area contributed by atoms with Gasteiger partial charge in [0.15, 0.2) is 5.96 Å². The standard InChI is InChI=1S/C16H25N3O/c1-18(2)16(19(3)4)17-11-13-10-15(13)12-7-6-8-14(9-12)20-5/h6-9,13,15H,10-11H2,1-5H3/t13-,15-/m0/s1. The molecule has 0 unspecified atom stereocenters. The molecule has 0 amide bonds. The minimum atomic E-state index is 0.638. The van der Waals surface area contributed by atoms with E-state index in [2.05, 4.69) is 28.0 Å². The first-order valence-electron chi connectivity index (χ1n) is 7.06. The zero-order valence-electron chi connectivity index (χ0n) is 13.1. The molecule has 1 aromatic carbocycles. The van der Waals surface area contributed by atoms with E-state index >= 15 is 0 Å². The first-order chi connectivity index (χ1) is 9.52. The highest BCUT2D eigenvalue weighted by atomic mass is 16.5. The summed E-state index contributed by atoms with van der Waals surface area (Å²) in [6.07, 6.45) is 1.23. The summed E-state index contributed by atoms with van der Waals surface area (Å²) in [5, 5.41) is 0. The molecule has 0 aromatic heterocycles. The summed E-state index contributed by atoms with van der Waals surface area (Å²) in [4.78, 5) is 8.86. The molecule has 0 aliphatic heterocycles. The van der Waals surface area contributed by atoms with Crippen LogP contribution in [0, 0.1) is 5.92 Å². The zero-order chi connectivity index (χ0) is 14.7. The molecule has 0 heterocycles. The highest BCUT2D eigenvalue weighted by molar-refractivity contribution is 5.79. The van der Waals surface area contributed by atoms with E-state index in [1.807, 2.05) is 34.3 Å².